The van der Waals surface area contributed by atoms with Gasteiger partial charge < -0.3 is 14.2 Å². The van der Waals surface area contributed by atoms with Crippen molar-refractivity contribution in [3.8, 4) is 0 Å². The first-order valence-electron chi connectivity index (χ1n) is 11.8. The van der Waals surface area contributed by atoms with Crippen LogP contribution in [0.3, 0.4) is 0 Å². The molecule has 0 spiro atoms. The van der Waals surface area contributed by atoms with Gasteiger partial charge in [-0.2, -0.15) is 0 Å². The van der Waals surface area contributed by atoms with E-state index in [0.717, 1.165) is 31.4 Å². The second-order valence-electron chi connectivity index (χ2n) is 9.45. The highest BCUT2D eigenvalue weighted by Crippen LogP contribution is 2.49. The molecule has 0 saturated carbocycles. The Balaban J connectivity index is 1.18. The van der Waals surface area contributed by atoms with Crippen molar-refractivity contribution < 1.29 is 23.8 Å². The van der Waals surface area contributed by atoms with Crippen LogP contribution in [0, 0.1) is 5.92 Å². The molecule has 2 aliphatic heterocycles. The maximum Gasteiger partial charge on any atom is 0.338 e. The maximum absolute atomic E-state index is 12.1. The third-order valence-corrected chi connectivity index (χ3v) is 6.99. The summed E-state index contributed by atoms with van der Waals surface area (Å²) in [5, 5.41) is 8.48. The van der Waals surface area contributed by atoms with E-state index in [2.05, 4.69) is 29.9 Å². The minimum Gasteiger partial charge on any atom is -0.462 e. The third kappa shape index (κ3) is 4.68. The van der Waals surface area contributed by atoms with Crippen LogP contribution in [0.5, 0.6) is 0 Å². The zero-order chi connectivity index (χ0) is 23.7. The summed E-state index contributed by atoms with van der Waals surface area (Å²) in [6, 6.07) is 8.93. The SMILES string of the molecule is C=C1C(=O)O[C@H]2[C@H]1CC/C(Cn1cc(CCOC(=O)c3ccccc3)nn1)=C\CC[C@@]1(C)O[C@@H]21. The molecule has 2 saturated heterocycles. The molecule has 2 aromatic rings. The van der Waals surface area contributed by atoms with Gasteiger partial charge in [0.2, 0.25) is 0 Å². The Labute approximate surface area is 198 Å². The minimum absolute atomic E-state index is 0.0218. The van der Waals surface area contributed by atoms with Crippen molar-refractivity contribution >= 4 is 11.9 Å². The highest BCUT2D eigenvalue weighted by molar-refractivity contribution is 5.91. The number of hydrogen-bond acceptors (Lipinski definition) is 7. The van der Waals surface area contributed by atoms with Crippen molar-refractivity contribution in [2.45, 2.75) is 63.4 Å². The van der Waals surface area contributed by atoms with Gasteiger partial charge in [-0.3, -0.25) is 0 Å². The summed E-state index contributed by atoms with van der Waals surface area (Å²) < 4.78 is 18.8. The van der Waals surface area contributed by atoms with Gasteiger partial charge in [-0.05, 0) is 44.7 Å². The van der Waals surface area contributed by atoms with Crippen LogP contribution in [-0.2, 0) is 32.0 Å². The largest absolute Gasteiger partial charge is 0.462 e. The quantitative estimate of drug-likeness (QED) is 0.280. The summed E-state index contributed by atoms with van der Waals surface area (Å²) in [5.74, 6) is -0.664. The predicted octanol–water partition coefficient (Wildman–Crippen LogP) is 3.43. The fourth-order valence-corrected chi connectivity index (χ4v) is 4.91. The Morgan fingerprint density at radius 2 is 2.15 bits per heavy atom. The molecule has 0 amide bonds. The number of epoxide rings is 1. The van der Waals surface area contributed by atoms with Crippen molar-refractivity contribution in [1.29, 1.82) is 0 Å². The molecule has 1 aliphatic carbocycles. The Morgan fingerprint density at radius 1 is 1.32 bits per heavy atom. The molecule has 2 fully saturated rings. The van der Waals surface area contributed by atoms with Crippen molar-refractivity contribution in [2.75, 3.05) is 6.61 Å². The van der Waals surface area contributed by atoms with E-state index in [0.29, 0.717) is 24.1 Å². The maximum atomic E-state index is 12.1. The number of carbonyl (C=O) groups is 2. The van der Waals surface area contributed by atoms with Gasteiger partial charge in [-0.25, -0.2) is 14.3 Å². The van der Waals surface area contributed by atoms with Crippen LogP contribution in [0.2, 0.25) is 0 Å². The number of rotatable bonds is 6. The van der Waals surface area contributed by atoms with Crippen LogP contribution in [0.25, 0.3) is 0 Å². The normalized spacial score (nSPS) is 29.9. The second-order valence-corrected chi connectivity index (χ2v) is 9.45. The van der Waals surface area contributed by atoms with E-state index in [4.69, 9.17) is 14.2 Å². The summed E-state index contributed by atoms with van der Waals surface area (Å²) in [6.45, 7) is 6.94. The molecule has 5 rings (SSSR count). The topological polar surface area (TPSA) is 95.8 Å². The van der Waals surface area contributed by atoms with E-state index in [9.17, 15) is 9.59 Å². The Kier molecular flexibility index (Phi) is 6.08. The number of hydrogen-bond donors (Lipinski definition) is 0. The molecule has 178 valence electrons. The molecule has 3 aliphatic rings. The lowest BCUT2D eigenvalue weighted by molar-refractivity contribution is -0.140. The second kappa shape index (κ2) is 9.18. The smallest absolute Gasteiger partial charge is 0.338 e. The number of allylic oxidation sites excluding steroid dienone is 2. The Bertz CT molecular complexity index is 1120. The van der Waals surface area contributed by atoms with Crippen LogP contribution in [-0.4, -0.2) is 51.3 Å². The summed E-state index contributed by atoms with van der Waals surface area (Å²) in [4.78, 5) is 24.2. The van der Waals surface area contributed by atoms with Crippen molar-refractivity contribution in [2.24, 2.45) is 5.92 Å². The van der Waals surface area contributed by atoms with Crippen molar-refractivity contribution in [3.63, 3.8) is 0 Å². The summed E-state index contributed by atoms with van der Waals surface area (Å²) in [7, 11) is 0. The molecule has 34 heavy (non-hydrogen) atoms. The van der Waals surface area contributed by atoms with Gasteiger partial charge in [-0.15, -0.1) is 5.10 Å². The van der Waals surface area contributed by atoms with Crippen LogP contribution >= 0.6 is 0 Å². The fraction of sp³-hybridized carbons (Fsp3) is 0.462. The van der Waals surface area contributed by atoms with Crippen LogP contribution in [0.15, 0.2) is 60.3 Å². The monoisotopic (exact) mass is 463 g/mol. The molecule has 8 nitrogen and oxygen atoms in total. The van der Waals surface area contributed by atoms with Gasteiger partial charge in [0, 0.05) is 24.1 Å². The minimum atomic E-state index is -0.343. The Morgan fingerprint density at radius 3 is 2.97 bits per heavy atom. The molecule has 0 radical (unpaired) electrons. The predicted molar refractivity (Wildman–Crippen MR) is 123 cm³/mol. The average molecular weight is 464 g/mol. The van der Waals surface area contributed by atoms with Crippen LogP contribution in [0.1, 0.15) is 48.7 Å². The molecule has 0 unspecified atom stereocenters. The van der Waals surface area contributed by atoms with Gasteiger partial charge >= 0.3 is 11.9 Å². The molecular formula is C26H29N3O5. The van der Waals surface area contributed by atoms with Crippen LogP contribution in [0.4, 0.5) is 0 Å². The highest BCUT2D eigenvalue weighted by Gasteiger charge is 2.61. The average Bonchev–Trinajstić information content (AvgIpc) is 3.15. The van der Waals surface area contributed by atoms with E-state index >= 15 is 0 Å². The summed E-state index contributed by atoms with van der Waals surface area (Å²) >= 11 is 0. The van der Waals surface area contributed by atoms with Crippen LogP contribution < -0.4 is 0 Å². The molecule has 1 aromatic heterocycles. The van der Waals surface area contributed by atoms with E-state index in [1.807, 2.05) is 16.9 Å². The molecule has 0 N–H and O–H groups in total. The number of aromatic nitrogens is 3. The summed E-state index contributed by atoms with van der Waals surface area (Å²) in [6.07, 6.45) is 7.76. The number of benzene rings is 1. The number of fused-ring (bicyclic) bond motifs is 3. The van der Waals surface area contributed by atoms with Gasteiger partial charge in [-0.1, -0.05) is 41.6 Å². The fourth-order valence-electron chi connectivity index (χ4n) is 4.91. The van der Waals surface area contributed by atoms with Gasteiger partial charge in [0.1, 0.15) is 12.2 Å². The van der Waals surface area contributed by atoms with E-state index in [1.165, 1.54) is 5.57 Å². The van der Waals surface area contributed by atoms with Gasteiger partial charge in [0.25, 0.3) is 0 Å². The molecule has 4 atom stereocenters. The first-order chi connectivity index (χ1) is 16.4. The molecular weight excluding hydrogens is 434 g/mol. The molecule has 1 aromatic carbocycles. The molecule has 0 bridgehead atoms. The van der Waals surface area contributed by atoms with E-state index in [1.54, 1.807) is 24.3 Å². The van der Waals surface area contributed by atoms with Gasteiger partial charge in [0.05, 0.1) is 30.0 Å². The first kappa shape index (κ1) is 22.5. The number of nitrogens with zero attached hydrogens (tertiary/aromatic N) is 3. The lowest BCUT2D eigenvalue weighted by Crippen LogP contribution is -2.29. The zero-order valence-electron chi connectivity index (χ0n) is 19.3. The van der Waals surface area contributed by atoms with Crippen molar-refractivity contribution in [3.05, 3.63) is 71.6 Å². The summed E-state index contributed by atoms with van der Waals surface area (Å²) in [5.41, 5.74) is 2.84. The highest BCUT2D eigenvalue weighted by atomic mass is 16.6. The zero-order valence-corrected chi connectivity index (χ0v) is 19.3. The standard InChI is InChI=1S/C26H29N3O5/c1-17-21-11-10-18(7-6-13-26(2)23(34-26)22(21)33-24(17)30)15-29-16-20(27-28-29)12-14-32-25(31)19-8-4-3-5-9-19/h3-5,7-9,16,21-23H,1,6,10-15H2,2H3/b18-7+/t21-,22-,23-,26+/m0/s1. The third-order valence-electron chi connectivity index (χ3n) is 6.99. The molecule has 3 heterocycles. The lowest BCUT2D eigenvalue weighted by Gasteiger charge is -2.20. The number of carbonyl (C=O) groups excluding carboxylic acids is 2. The van der Waals surface area contributed by atoms with E-state index < -0.39 is 0 Å². The number of ether oxygens (including phenoxy) is 3. The Hall–Kier alpha value is -3.26. The molecule has 8 heteroatoms. The van der Waals surface area contributed by atoms with Gasteiger partial charge in [0.15, 0.2) is 0 Å². The van der Waals surface area contributed by atoms with E-state index in [-0.39, 0.29) is 42.3 Å². The number of esters is 2. The van der Waals surface area contributed by atoms with Crippen molar-refractivity contribution in [1.82, 2.24) is 15.0 Å². The first-order valence-corrected chi connectivity index (χ1v) is 11.8. The lowest BCUT2D eigenvalue weighted by atomic mass is 9.84.